The zero-order chi connectivity index (χ0) is 20.7. The summed E-state index contributed by atoms with van der Waals surface area (Å²) in [6.45, 7) is 3.57. The summed E-state index contributed by atoms with van der Waals surface area (Å²) in [4.78, 5) is 36.9. The van der Waals surface area contributed by atoms with Gasteiger partial charge in [-0.05, 0) is 35.7 Å². The van der Waals surface area contributed by atoms with Crippen molar-refractivity contribution in [3.8, 4) is 0 Å². The molecule has 0 heterocycles. The van der Waals surface area contributed by atoms with Crippen molar-refractivity contribution < 1.29 is 14.4 Å². The van der Waals surface area contributed by atoms with E-state index in [0.717, 1.165) is 5.56 Å². The van der Waals surface area contributed by atoms with Gasteiger partial charge in [-0.3, -0.25) is 25.2 Å². The molecule has 0 aliphatic heterocycles. The van der Waals surface area contributed by atoms with Crippen molar-refractivity contribution in [1.82, 2.24) is 16.2 Å². The smallest absolute Gasteiger partial charge is 0.261 e. The number of hydrazine groups is 1. The first-order chi connectivity index (χ1) is 13.3. The summed E-state index contributed by atoms with van der Waals surface area (Å²) in [7, 11) is 0. The molecular weight excluding hydrogens is 401 g/mol. The SMILES string of the molecule is CC(C)[C@H](NC(=O)c1ccccc1Cl)C(=O)NNC(=O)Cc1ccc(Cl)cc1. The lowest BCUT2D eigenvalue weighted by Crippen LogP contribution is -2.54. The van der Waals surface area contributed by atoms with E-state index < -0.39 is 23.8 Å². The Bertz CT molecular complexity index is 854. The van der Waals surface area contributed by atoms with Crippen molar-refractivity contribution >= 4 is 40.9 Å². The molecule has 2 aromatic rings. The van der Waals surface area contributed by atoms with Crippen molar-refractivity contribution in [2.24, 2.45) is 5.92 Å². The minimum absolute atomic E-state index is 0.0791. The molecule has 0 fully saturated rings. The highest BCUT2D eigenvalue weighted by Crippen LogP contribution is 2.15. The van der Waals surface area contributed by atoms with Crippen LogP contribution in [0.5, 0.6) is 0 Å². The normalized spacial score (nSPS) is 11.6. The molecule has 2 rings (SSSR count). The van der Waals surface area contributed by atoms with Gasteiger partial charge in [0.15, 0.2) is 0 Å². The molecule has 3 N–H and O–H groups in total. The molecule has 0 aromatic heterocycles. The maximum absolute atomic E-state index is 12.4. The molecule has 0 saturated carbocycles. The second kappa shape index (κ2) is 10.1. The Morgan fingerprint density at radius 3 is 2.18 bits per heavy atom. The van der Waals surface area contributed by atoms with E-state index in [-0.39, 0.29) is 17.9 Å². The number of halogens is 2. The molecule has 0 aliphatic carbocycles. The molecule has 2 aromatic carbocycles. The Hall–Kier alpha value is -2.57. The molecule has 0 unspecified atom stereocenters. The van der Waals surface area contributed by atoms with Crippen LogP contribution in [0, 0.1) is 5.92 Å². The van der Waals surface area contributed by atoms with Crippen molar-refractivity contribution in [2.45, 2.75) is 26.3 Å². The van der Waals surface area contributed by atoms with Gasteiger partial charge in [0.05, 0.1) is 17.0 Å². The molecule has 0 radical (unpaired) electrons. The fourth-order valence-electron chi connectivity index (χ4n) is 2.44. The third kappa shape index (κ3) is 6.25. The topological polar surface area (TPSA) is 87.3 Å². The Kier molecular flexibility index (Phi) is 7.84. The number of benzene rings is 2. The maximum atomic E-state index is 12.4. The standard InChI is InChI=1S/C20H21Cl2N3O3/c1-12(2)18(23-19(27)15-5-3-4-6-16(15)22)20(28)25-24-17(26)11-13-7-9-14(21)10-8-13/h3-10,12,18H,11H2,1-2H3,(H,23,27)(H,24,26)(H,25,28)/t18-/m0/s1. The lowest BCUT2D eigenvalue weighted by atomic mass is 10.0. The van der Waals surface area contributed by atoms with E-state index in [0.29, 0.717) is 10.0 Å². The second-order valence-corrected chi connectivity index (χ2v) is 7.36. The molecule has 6 nitrogen and oxygen atoms in total. The van der Waals surface area contributed by atoms with E-state index in [1.807, 2.05) is 0 Å². The fourth-order valence-corrected chi connectivity index (χ4v) is 2.79. The molecule has 0 bridgehead atoms. The summed E-state index contributed by atoms with van der Waals surface area (Å²) in [6, 6.07) is 12.5. The summed E-state index contributed by atoms with van der Waals surface area (Å²) in [5, 5.41) is 3.52. The Balaban J connectivity index is 1.93. The maximum Gasteiger partial charge on any atom is 0.261 e. The number of carbonyl (C=O) groups excluding carboxylic acids is 3. The van der Waals surface area contributed by atoms with Gasteiger partial charge in [0.2, 0.25) is 5.91 Å². The van der Waals surface area contributed by atoms with Gasteiger partial charge in [-0.15, -0.1) is 0 Å². The summed E-state index contributed by atoms with van der Waals surface area (Å²) < 4.78 is 0. The van der Waals surface area contributed by atoms with Crippen molar-refractivity contribution in [3.63, 3.8) is 0 Å². The van der Waals surface area contributed by atoms with Gasteiger partial charge in [-0.25, -0.2) is 0 Å². The molecule has 0 spiro atoms. The first-order valence-electron chi connectivity index (χ1n) is 8.66. The number of hydrogen-bond donors (Lipinski definition) is 3. The van der Waals surface area contributed by atoms with E-state index in [1.54, 1.807) is 62.4 Å². The molecule has 1 atom stereocenters. The van der Waals surface area contributed by atoms with Crippen LogP contribution in [0.25, 0.3) is 0 Å². The number of carbonyl (C=O) groups is 3. The van der Waals surface area contributed by atoms with E-state index in [2.05, 4.69) is 16.2 Å². The van der Waals surface area contributed by atoms with Crippen LogP contribution in [-0.4, -0.2) is 23.8 Å². The first-order valence-corrected chi connectivity index (χ1v) is 9.42. The fraction of sp³-hybridized carbons (Fsp3) is 0.250. The summed E-state index contributed by atoms with van der Waals surface area (Å²) in [5.41, 5.74) is 5.74. The van der Waals surface area contributed by atoms with Crippen LogP contribution in [-0.2, 0) is 16.0 Å². The average Bonchev–Trinajstić information content (AvgIpc) is 2.66. The number of nitrogens with one attached hydrogen (secondary N) is 3. The summed E-state index contributed by atoms with van der Waals surface area (Å²) in [6.07, 6.45) is 0.0791. The molecular formula is C20H21Cl2N3O3. The van der Waals surface area contributed by atoms with Gasteiger partial charge in [0.25, 0.3) is 11.8 Å². The van der Waals surface area contributed by atoms with Crippen LogP contribution in [0.1, 0.15) is 29.8 Å². The average molecular weight is 422 g/mol. The van der Waals surface area contributed by atoms with Gasteiger partial charge >= 0.3 is 0 Å². The van der Waals surface area contributed by atoms with Crippen LogP contribution in [0.15, 0.2) is 48.5 Å². The van der Waals surface area contributed by atoms with Crippen LogP contribution in [0.3, 0.4) is 0 Å². The van der Waals surface area contributed by atoms with Gasteiger partial charge in [-0.1, -0.05) is 61.3 Å². The third-order valence-corrected chi connectivity index (χ3v) is 4.54. The predicted molar refractivity (Wildman–Crippen MR) is 109 cm³/mol. The highest BCUT2D eigenvalue weighted by molar-refractivity contribution is 6.33. The monoisotopic (exact) mass is 421 g/mol. The van der Waals surface area contributed by atoms with Gasteiger partial charge in [-0.2, -0.15) is 0 Å². The van der Waals surface area contributed by atoms with Crippen molar-refractivity contribution in [3.05, 3.63) is 69.7 Å². The highest BCUT2D eigenvalue weighted by Gasteiger charge is 2.25. The van der Waals surface area contributed by atoms with E-state index >= 15 is 0 Å². The first kappa shape index (κ1) is 21.7. The molecule has 28 heavy (non-hydrogen) atoms. The van der Waals surface area contributed by atoms with E-state index in [4.69, 9.17) is 23.2 Å². The number of rotatable bonds is 6. The van der Waals surface area contributed by atoms with Crippen molar-refractivity contribution in [2.75, 3.05) is 0 Å². The van der Waals surface area contributed by atoms with E-state index in [1.165, 1.54) is 0 Å². The van der Waals surface area contributed by atoms with Gasteiger partial charge in [0.1, 0.15) is 6.04 Å². The largest absolute Gasteiger partial charge is 0.340 e. The summed E-state index contributed by atoms with van der Waals surface area (Å²) >= 11 is 11.8. The number of amides is 3. The van der Waals surface area contributed by atoms with Crippen LogP contribution in [0.2, 0.25) is 10.0 Å². The van der Waals surface area contributed by atoms with Gasteiger partial charge in [0, 0.05) is 5.02 Å². The lowest BCUT2D eigenvalue weighted by molar-refractivity contribution is -0.130. The Morgan fingerprint density at radius 1 is 0.929 bits per heavy atom. The van der Waals surface area contributed by atoms with Crippen molar-refractivity contribution in [1.29, 1.82) is 0 Å². The Labute approximate surface area is 173 Å². The minimum Gasteiger partial charge on any atom is -0.340 e. The second-order valence-electron chi connectivity index (χ2n) is 6.52. The predicted octanol–water partition coefficient (Wildman–Crippen LogP) is 3.14. The van der Waals surface area contributed by atoms with Gasteiger partial charge < -0.3 is 5.32 Å². The molecule has 3 amide bonds. The minimum atomic E-state index is -0.848. The lowest BCUT2D eigenvalue weighted by Gasteiger charge is -2.22. The highest BCUT2D eigenvalue weighted by atomic mass is 35.5. The van der Waals surface area contributed by atoms with E-state index in [9.17, 15) is 14.4 Å². The zero-order valence-electron chi connectivity index (χ0n) is 15.5. The Morgan fingerprint density at radius 2 is 1.57 bits per heavy atom. The third-order valence-electron chi connectivity index (χ3n) is 3.96. The van der Waals surface area contributed by atoms with Crippen LogP contribution >= 0.6 is 23.2 Å². The molecule has 0 saturated heterocycles. The molecule has 0 aliphatic rings. The quantitative estimate of drug-likeness (QED) is 0.626. The molecule has 8 heteroatoms. The molecule has 148 valence electrons. The van der Waals surface area contributed by atoms with Crippen LogP contribution in [0.4, 0.5) is 0 Å². The van der Waals surface area contributed by atoms with Crippen LogP contribution < -0.4 is 16.2 Å². The summed E-state index contributed by atoms with van der Waals surface area (Å²) in [5.74, 6) is -1.60. The zero-order valence-corrected chi connectivity index (χ0v) is 17.0. The number of hydrogen-bond acceptors (Lipinski definition) is 3.